The molecule has 0 spiro atoms. The first-order chi connectivity index (χ1) is 5.00. The maximum absolute atomic E-state index is 10.8. The van der Waals surface area contributed by atoms with Gasteiger partial charge in [0.25, 0.3) is 0 Å². The van der Waals surface area contributed by atoms with Crippen molar-refractivity contribution in [1.82, 2.24) is 0 Å². The Morgan fingerprint density at radius 1 is 1.55 bits per heavy atom. The van der Waals surface area contributed by atoms with Crippen LogP contribution >= 0.6 is 0 Å². The zero-order valence-corrected chi connectivity index (χ0v) is 7.26. The molecule has 1 unspecified atom stereocenters. The molecule has 1 heterocycles. The molecule has 0 saturated carbocycles. The normalized spacial score (nSPS) is 25.0. The minimum absolute atomic E-state index is 0.0417. The van der Waals surface area contributed by atoms with Crippen molar-refractivity contribution in [3.05, 3.63) is 12.2 Å². The smallest absolute Gasteiger partial charge is 0.330 e. The van der Waals surface area contributed by atoms with E-state index in [1.807, 2.05) is 6.08 Å². The number of cyclic esters (lactones) is 1. The number of hydrogen-bond acceptors (Lipinski definition) is 2. The van der Waals surface area contributed by atoms with Crippen molar-refractivity contribution < 1.29 is 9.53 Å². The van der Waals surface area contributed by atoms with Crippen LogP contribution < -0.4 is 0 Å². The van der Waals surface area contributed by atoms with Crippen LogP contribution in [0.2, 0.25) is 0 Å². The topological polar surface area (TPSA) is 26.3 Å². The Morgan fingerprint density at radius 2 is 2.18 bits per heavy atom. The summed E-state index contributed by atoms with van der Waals surface area (Å²) in [6, 6.07) is 0. The zero-order valence-electron chi connectivity index (χ0n) is 7.26. The Hall–Kier alpha value is -0.790. The van der Waals surface area contributed by atoms with Crippen molar-refractivity contribution >= 4 is 5.97 Å². The molecule has 0 aromatic rings. The van der Waals surface area contributed by atoms with E-state index in [4.69, 9.17) is 4.74 Å². The van der Waals surface area contributed by atoms with Crippen molar-refractivity contribution in [3.8, 4) is 0 Å². The van der Waals surface area contributed by atoms with E-state index in [0.29, 0.717) is 0 Å². The predicted molar refractivity (Wildman–Crippen MR) is 43.1 cm³/mol. The average Bonchev–Trinajstić information content (AvgIpc) is 1.86. The van der Waals surface area contributed by atoms with Gasteiger partial charge in [0.15, 0.2) is 0 Å². The van der Waals surface area contributed by atoms with Crippen molar-refractivity contribution in [2.75, 3.05) is 0 Å². The van der Waals surface area contributed by atoms with Gasteiger partial charge < -0.3 is 4.74 Å². The lowest BCUT2D eigenvalue weighted by atomic mass is 9.86. The lowest BCUT2D eigenvalue weighted by molar-refractivity contribution is -0.149. The standard InChI is InChI=1S/C9H14O2/c1-9(2,3)7-5-4-6-8(10)11-7/h4,6-7H,5H2,1-3H3. The molecule has 1 rings (SSSR count). The molecule has 2 heteroatoms. The number of carbonyl (C=O) groups excluding carboxylic acids is 1. The average molecular weight is 154 g/mol. The third-order valence-corrected chi connectivity index (χ3v) is 1.83. The Kier molecular flexibility index (Phi) is 2.03. The molecule has 1 atom stereocenters. The van der Waals surface area contributed by atoms with Crippen LogP contribution in [-0.2, 0) is 9.53 Å². The van der Waals surface area contributed by atoms with Crippen LogP contribution in [0.1, 0.15) is 27.2 Å². The zero-order chi connectivity index (χ0) is 8.48. The van der Waals surface area contributed by atoms with Gasteiger partial charge in [-0.3, -0.25) is 0 Å². The molecule has 0 saturated heterocycles. The lowest BCUT2D eigenvalue weighted by Crippen LogP contribution is -2.32. The molecule has 0 N–H and O–H groups in total. The fraction of sp³-hybridized carbons (Fsp3) is 0.667. The highest BCUT2D eigenvalue weighted by Gasteiger charge is 2.28. The highest BCUT2D eigenvalue weighted by atomic mass is 16.5. The predicted octanol–water partition coefficient (Wildman–Crippen LogP) is 1.90. The van der Waals surface area contributed by atoms with E-state index in [2.05, 4.69) is 20.8 Å². The van der Waals surface area contributed by atoms with Gasteiger partial charge in [0.05, 0.1) is 0 Å². The maximum Gasteiger partial charge on any atom is 0.330 e. The van der Waals surface area contributed by atoms with Crippen molar-refractivity contribution in [2.45, 2.75) is 33.3 Å². The molecular weight excluding hydrogens is 140 g/mol. The Bertz CT molecular complexity index is 186. The van der Waals surface area contributed by atoms with Gasteiger partial charge in [-0.1, -0.05) is 26.8 Å². The van der Waals surface area contributed by atoms with Gasteiger partial charge in [-0.15, -0.1) is 0 Å². The lowest BCUT2D eigenvalue weighted by Gasteiger charge is -2.30. The Balaban J connectivity index is 2.64. The summed E-state index contributed by atoms with van der Waals surface area (Å²) in [5, 5.41) is 0. The van der Waals surface area contributed by atoms with Gasteiger partial charge >= 0.3 is 5.97 Å². The molecule has 0 radical (unpaired) electrons. The SMILES string of the molecule is CC(C)(C)C1CC=CC(=O)O1. The van der Waals surface area contributed by atoms with E-state index in [1.165, 1.54) is 6.08 Å². The first kappa shape index (κ1) is 8.31. The van der Waals surface area contributed by atoms with Gasteiger partial charge in [-0.05, 0) is 5.41 Å². The molecule has 0 fully saturated rings. The van der Waals surface area contributed by atoms with E-state index in [1.54, 1.807) is 0 Å². The van der Waals surface area contributed by atoms with Crippen LogP contribution in [0.3, 0.4) is 0 Å². The summed E-state index contributed by atoms with van der Waals surface area (Å²) in [7, 11) is 0. The van der Waals surface area contributed by atoms with E-state index in [0.717, 1.165) is 6.42 Å². The summed E-state index contributed by atoms with van der Waals surface area (Å²) in [4.78, 5) is 10.8. The molecule has 0 bridgehead atoms. The molecule has 0 amide bonds. The number of esters is 1. The third-order valence-electron chi connectivity index (χ3n) is 1.83. The second-order valence-corrected chi connectivity index (χ2v) is 3.93. The monoisotopic (exact) mass is 154 g/mol. The third kappa shape index (κ3) is 2.07. The fourth-order valence-electron chi connectivity index (χ4n) is 1.05. The minimum Gasteiger partial charge on any atom is -0.458 e. The summed E-state index contributed by atoms with van der Waals surface area (Å²) < 4.78 is 5.12. The number of hydrogen-bond donors (Lipinski definition) is 0. The summed E-state index contributed by atoms with van der Waals surface area (Å²) in [5.74, 6) is -0.212. The largest absolute Gasteiger partial charge is 0.458 e. The van der Waals surface area contributed by atoms with E-state index < -0.39 is 0 Å². The fourth-order valence-corrected chi connectivity index (χ4v) is 1.05. The van der Waals surface area contributed by atoms with Crippen molar-refractivity contribution in [3.63, 3.8) is 0 Å². The first-order valence-corrected chi connectivity index (χ1v) is 3.87. The number of carbonyl (C=O) groups is 1. The molecule has 11 heavy (non-hydrogen) atoms. The summed E-state index contributed by atoms with van der Waals surface area (Å²) >= 11 is 0. The minimum atomic E-state index is -0.212. The first-order valence-electron chi connectivity index (χ1n) is 3.87. The summed E-state index contributed by atoms with van der Waals surface area (Å²) in [5.41, 5.74) is 0.0560. The highest BCUT2D eigenvalue weighted by Crippen LogP contribution is 2.27. The van der Waals surface area contributed by atoms with Gasteiger partial charge in [-0.2, -0.15) is 0 Å². The van der Waals surface area contributed by atoms with Gasteiger partial charge in [0, 0.05) is 12.5 Å². The van der Waals surface area contributed by atoms with Gasteiger partial charge in [0.2, 0.25) is 0 Å². The maximum atomic E-state index is 10.8. The highest BCUT2D eigenvalue weighted by molar-refractivity contribution is 5.82. The van der Waals surface area contributed by atoms with Crippen LogP contribution in [-0.4, -0.2) is 12.1 Å². The molecule has 0 aromatic heterocycles. The van der Waals surface area contributed by atoms with Crippen molar-refractivity contribution in [1.29, 1.82) is 0 Å². The van der Waals surface area contributed by atoms with Crippen LogP contribution in [0.5, 0.6) is 0 Å². The molecule has 1 aliphatic heterocycles. The van der Waals surface area contributed by atoms with Gasteiger partial charge in [-0.25, -0.2) is 4.79 Å². The summed E-state index contributed by atoms with van der Waals surface area (Å²) in [6.07, 6.45) is 4.25. The quantitative estimate of drug-likeness (QED) is 0.498. The summed E-state index contributed by atoms with van der Waals surface area (Å²) in [6.45, 7) is 6.22. The van der Waals surface area contributed by atoms with Crippen LogP contribution in [0, 0.1) is 5.41 Å². The van der Waals surface area contributed by atoms with Gasteiger partial charge in [0.1, 0.15) is 6.10 Å². The van der Waals surface area contributed by atoms with E-state index in [-0.39, 0.29) is 17.5 Å². The second kappa shape index (κ2) is 2.68. The molecule has 0 aliphatic carbocycles. The Morgan fingerprint density at radius 3 is 2.55 bits per heavy atom. The van der Waals surface area contributed by atoms with E-state index in [9.17, 15) is 4.79 Å². The Labute approximate surface area is 67.2 Å². The van der Waals surface area contributed by atoms with E-state index >= 15 is 0 Å². The molecule has 1 aliphatic rings. The molecule has 0 aromatic carbocycles. The molecule has 2 nitrogen and oxygen atoms in total. The van der Waals surface area contributed by atoms with Crippen LogP contribution in [0.25, 0.3) is 0 Å². The number of ether oxygens (including phenoxy) is 1. The van der Waals surface area contributed by atoms with Crippen molar-refractivity contribution in [2.24, 2.45) is 5.41 Å². The van der Waals surface area contributed by atoms with Crippen LogP contribution in [0.15, 0.2) is 12.2 Å². The molecule has 62 valence electrons. The second-order valence-electron chi connectivity index (χ2n) is 3.93. The number of rotatable bonds is 0. The van der Waals surface area contributed by atoms with Crippen LogP contribution in [0.4, 0.5) is 0 Å². The molecular formula is C9H14O2.